The van der Waals surface area contributed by atoms with Crippen LogP contribution in [0, 0.1) is 13.8 Å². The fourth-order valence-electron chi connectivity index (χ4n) is 4.16. The third-order valence-electron chi connectivity index (χ3n) is 5.91. The maximum Gasteiger partial charge on any atom is 0.408 e. The zero-order chi connectivity index (χ0) is 28.7. The monoisotopic (exact) mass is 518 g/mol. The molecular weight excluding hydrogens is 472 g/mol. The van der Waals surface area contributed by atoms with Crippen LogP contribution in [0.3, 0.4) is 0 Å². The molecule has 0 aromatic heterocycles. The predicted octanol–water partition coefficient (Wildman–Crippen LogP) is 4.05. The summed E-state index contributed by atoms with van der Waals surface area (Å²) in [5.41, 5.74) is 6.28. The molecule has 0 aliphatic carbocycles. The van der Waals surface area contributed by atoms with Gasteiger partial charge >= 0.3 is 6.09 Å². The van der Waals surface area contributed by atoms with Crippen molar-refractivity contribution in [2.75, 3.05) is 0 Å². The summed E-state index contributed by atoms with van der Waals surface area (Å²) in [5, 5.41) is 5.55. The average molecular weight is 519 g/mol. The van der Waals surface area contributed by atoms with E-state index in [0.717, 1.165) is 24.0 Å². The molecule has 9 nitrogen and oxygen atoms in total. The lowest BCUT2D eigenvalue weighted by Gasteiger charge is -2.43. The van der Waals surface area contributed by atoms with Crippen LogP contribution in [0.4, 0.5) is 4.79 Å². The fraction of sp³-hybridized carbons (Fsp3) is 0.643. The first-order valence-electron chi connectivity index (χ1n) is 12.9. The number of primary amides is 1. The second-order valence-electron chi connectivity index (χ2n) is 11.6. The molecule has 0 bridgehead atoms. The number of nitrogens with one attached hydrogen (secondary N) is 2. The van der Waals surface area contributed by atoms with E-state index in [1.54, 1.807) is 41.5 Å². The Kier molecular flexibility index (Phi) is 11.2. The third kappa shape index (κ3) is 9.70. The molecule has 0 saturated carbocycles. The van der Waals surface area contributed by atoms with Gasteiger partial charge < -0.3 is 26.0 Å². The van der Waals surface area contributed by atoms with Gasteiger partial charge in [-0.2, -0.15) is 0 Å². The van der Waals surface area contributed by atoms with Crippen LogP contribution >= 0.6 is 0 Å². The van der Waals surface area contributed by atoms with Gasteiger partial charge in [-0.1, -0.05) is 31.5 Å². The van der Waals surface area contributed by atoms with Crippen LogP contribution in [0.25, 0.3) is 0 Å². The van der Waals surface area contributed by atoms with Crippen molar-refractivity contribution in [1.29, 1.82) is 0 Å². The standard InChI is InChI=1S/C28H46N4O5/c1-11-13-18(3)30-24(34)23(20-15-12-14-17(2)19(20)4)32(27(5,6)7)25(35)21(16-22(29)33)31-26(36)37-28(8,9)10/h12,14-15,18,21,23H,11,13,16H2,1-10H3,(H2,29,33)(H,30,34)(H,31,36). The number of nitrogens with zero attached hydrogens (tertiary/aromatic N) is 1. The summed E-state index contributed by atoms with van der Waals surface area (Å²) < 4.78 is 5.32. The highest BCUT2D eigenvalue weighted by Gasteiger charge is 2.43. The van der Waals surface area contributed by atoms with E-state index in [4.69, 9.17) is 10.5 Å². The third-order valence-corrected chi connectivity index (χ3v) is 5.91. The fourth-order valence-corrected chi connectivity index (χ4v) is 4.16. The van der Waals surface area contributed by atoms with Crippen LogP contribution in [-0.2, 0) is 19.1 Å². The Morgan fingerprint density at radius 3 is 2.11 bits per heavy atom. The molecule has 0 fully saturated rings. The number of hydrogen-bond donors (Lipinski definition) is 3. The van der Waals surface area contributed by atoms with Crippen LogP contribution in [0.2, 0.25) is 0 Å². The van der Waals surface area contributed by atoms with Crippen LogP contribution < -0.4 is 16.4 Å². The summed E-state index contributed by atoms with van der Waals surface area (Å²) >= 11 is 0. The number of aryl methyl sites for hydroxylation is 1. The Morgan fingerprint density at radius 2 is 1.62 bits per heavy atom. The summed E-state index contributed by atoms with van der Waals surface area (Å²) in [4.78, 5) is 53.9. The lowest BCUT2D eigenvalue weighted by molar-refractivity contribution is -0.149. The molecule has 0 spiro atoms. The van der Waals surface area contributed by atoms with Gasteiger partial charge in [0, 0.05) is 11.6 Å². The maximum atomic E-state index is 14.1. The number of carbonyl (C=O) groups is 4. The molecule has 9 heteroatoms. The Balaban J connectivity index is 3.67. The van der Waals surface area contributed by atoms with E-state index in [1.807, 2.05) is 45.9 Å². The lowest BCUT2D eigenvalue weighted by Crippen LogP contribution is -2.59. The summed E-state index contributed by atoms with van der Waals surface area (Å²) in [6.07, 6.45) is 0.361. The van der Waals surface area contributed by atoms with Gasteiger partial charge in [-0.05, 0) is 85.4 Å². The quantitative estimate of drug-likeness (QED) is 0.430. The predicted molar refractivity (Wildman–Crippen MR) is 145 cm³/mol. The summed E-state index contributed by atoms with van der Waals surface area (Å²) in [7, 11) is 0. The molecule has 208 valence electrons. The van der Waals surface area contributed by atoms with E-state index in [0.29, 0.717) is 5.56 Å². The van der Waals surface area contributed by atoms with Crippen molar-refractivity contribution < 1.29 is 23.9 Å². The van der Waals surface area contributed by atoms with Gasteiger partial charge in [0.25, 0.3) is 0 Å². The van der Waals surface area contributed by atoms with Crippen molar-refractivity contribution >= 4 is 23.8 Å². The summed E-state index contributed by atoms with van der Waals surface area (Å²) in [6, 6.07) is 3.17. The number of benzene rings is 1. The number of alkyl carbamates (subject to hydrolysis) is 1. The van der Waals surface area contributed by atoms with Crippen molar-refractivity contribution in [3.05, 3.63) is 34.9 Å². The van der Waals surface area contributed by atoms with Crippen LogP contribution in [-0.4, -0.2) is 51.9 Å². The summed E-state index contributed by atoms with van der Waals surface area (Å²) in [5.74, 6) is -1.72. The molecule has 37 heavy (non-hydrogen) atoms. The Hall–Kier alpha value is -3.10. The highest BCUT2D eigenvalue weighted by atomic mass is 16.6. The van der Waals surface area contributed by atoms with Gasteiger partial charge in [0.2, 0.25) is 17.7 Å². The largest absolute Gasteiger partial charge is 0.444 e. The van der Waals surface area contributed by atoms with Gasteiger partial charge in [-0.3, -0.25) is 14.4 Å². The van der Waals surface area contributed by atoms with Crippen LogP contribution in [0.15, 0.2) is 18.2 Å². The molecule has 0 aliphatic heterocycles. The van der Waals surface area contributed by atoms with Gasteiger partial charge in [-0.25, -0.2) is 4.79 Å². The van der Waals surface area contributed by atoms with Crippen LogP contribution in [0.5, 0.6) is 0 Å². The first-order chi connectivity index (χ1) is 16.9. The minimum atomic E-state index is -1.32. The molecule has 4 amide bonds. The number of nitrogens with two attached hydrogens (primary N) is 1. The molecule has 4 N–H and O–H groups in total. The van der Waals surface area contributed by atoms with Gasteiger partial charge in [0.1, 0.15) is 17.7 Å². The number of carbonyl (C=O) groups excluding carboxylic acids is 4. The van der Waals surface area contributed by atoms with E-state index < -0.39 is 47.6 Å². The lowest BCUT2D eigenvalue weighted by atomic mass is 9.91. The van der Waals surface area contributed by atoms with E-state index in [2.05, 4.69) is 10.6 Å². The minimum Gasteiger partial charge on any atom is -0.444 e. The number of ether oxygens (including phenoxy) is 1. The molecule has 3 atom stereocenters. The zero-order valence-electron chi connectivity index (χ0n) is 24.2. The summed E-state index contributed by atoms with van der Waals surface area (Å²) in [6.45, 7) is 18.3. The smallest absolute Gasteiger partial charge is 0.408 e. The molecule has 0 aliphatic rings. The average Bonchev–Trinajstić information content (AvgIpc) is 2.70. The van der Waals surface area contributed by atoms with Crippen molar-refractivity contribution in [2.24, 2.45) is 5.73 Å². The second kappa shape index (κ2) is 12.9. The maximum absolute atomic E-state index is 14.1. The van der Waals surface area contributed by atoms with Crippen molar-refractivity contribution in [3.63, 3.8) is 0 Å². The highest BCUT2D eigenvalue weighted by Crippen LogP contribution is 2.33. The Morgan fingerprint density at radius 1 is 1.03 bits per heavy atom. The molecule has 1 aromatic carbocycles. The van der Waals surface area contributed by atoms with E-state index in [-0.39, 0.29) is 11.9 Å². The van der Waals surface area contributed by atoms with E-state index in [1.165, 1.54) is 4.90 Å². The molecule has 0 saturated heterocycles. The number of hydrogen-bond acceptors (Lipinski definition) is 5. The minimum absolute atomic E-state index is 0.108. The topological polar surface area (TPSA) is 131 Å². The van der Waals surface area contributed by atoms with Crippen molar-refractivity contribution in [2.45, 2.75) is 118 Å². The van der Waals surface area contributed by atoms with Crippen molar-refractivity contribution in [1.82, 2.24) is 15.5 Å². The molecule has 0 heterocycles. The number of rotatable bonds is 10. The van der Waals surface area contributed by atoms with Gasteiger partial charge in [0.05, 0.1) is 6.42 Å². The molecule has 1 rings (SSSR count). The Labute approximate surface area is 221 Å². The molecule has 0 radical (unpaired) electrons. The first kappa shape index (κ1) is 31.9. The highest BCUT2D eigenvalue weighted by molar-refractivity contribution is 5.95. The van der Waals surface area contributed by atoms with E-state index in [9.17, 15) is 19.2 Å². The van der Waals surface area contributed by atoms with Crippen LogP contribution in [0.1, 0.15) is 97.4 Å². The molecular formula is C28H46N4O5. The molecule has 1 aromatic rings. The first-order valence-corrected chi connectivity index (χ1v) is 12.9. The van der Waals surface area contributed by atoms with E-state index >= 15 is 0 Å². The normalized spacial score (nSPS) is 14.2. The van der Waals surface area contributed by atoms with Gasteiger partial charge in [0.15, 0.2) is 0 Å². The van der Waals surface area contributed by atoms with Crippen molar-refractivity contribution in [3.8, 4) is 0 Å². The SMILES string of the molecule is CCCC(C)NC(=O)C(c1cccc(C)c1C)N(C(=O)C(CC(N)=O)NC(=O)OC(C)(C)C)C(C)(C)C. The zero-order valence-corrected chi connectivity index (χ0v) is 24.2. The second-order valence-corrected chi connectivity index (χ2v) is 11.6. The number of amides is 4. The Bertz CT molecular complexity index is 978. The van der Waals surface area contributed by atoms with Gasteiger partial charge in [-0.15, -0.1) is 0 Å². The molecule has 3 unspecified atom stereocenters.